The van der Waals surface area contributed by atoms with Crippen molar-refractivity contribution in [3.05, 3.63) is 94.5 Å². The molecular weight excluding hydrogens is 482 g/mol. The number of carbonyl (C=O) groups is 2. The lowest BCUT2D eigenvalue weighted by atomic mass is 10.0. The quantitative estimate of drug-likeness (QED) is 0.379. The first kappa shape index (κ1) is 24.5. The molecular formula is C27H28BrNO4. The van der Waals surface area contributed by atoms with Crippen molar-refractivity contribution in [2.45, 2.75) is 45.4 Å². The van der Waals surface area contributed by atoms with Crippen LogP contribution in [0.15, 0.2) is 83.3 Å². The predicted molar refractivity (Wildman–Crippen MR) is 133 cm³/mol. The maximum Gasteiger partial charge on any atom is 0.408 e. The van der Waals surface area contributed by atoms with Gasteiger partial charge >= 0.3 is 12.1 Å². The summed E-state index contributed by atoms with van der Waals surface area (Å²) in [6.07, 6.45) is -0.372. The van der Waals surface area contributed by atoms with E-state index in [-0.39, 0.29) is 13.0 Å². The summed E-state index contributed by atoms with van der Waals surface area (Å²) in [5.74, 6) is -0.512. The lowest BCUT2D eigenvalue weighted by molar-refractivity contribution is -0.147. The van der Waals surface area contributed by atoms with Crippen LogP contribution >= 0.6 is 15.9 Å². The number of hydrogen-bond acceptors (Lipinski definition) is 4. The number of rotatable bonds is 7. The highest BCUT2D eigenvalue weighted by Gasteiger charge is 2.26. The minimum Gasteiger partial charge on any atom is -0.459 e. The fraction of sp³-hybridized carbons (Fsp3) is 0.259. The average molecular weight is 510 g/mol. The Hall–Kier alpha value is -3.12. The van der Waals surface area contributed by atoms with E-state index >= 15 is 0 Å². The van der Waals surface area contributed by atoms with Crippen LogP contribution in [0, 0.1) is 0 Å². The van der Waals surface area contributed by atoms with Crippen LogP contribution in [-0.4, -0.2) is 23.7 Å². The van der Waals surface area contributed by atoms with Gasteiger partial charge in [0.2, 0.25) is 0 Å². The maximum atomic E-state index is 12.8. The summed E-state index contributed by atoms with van der Waals surface area (Å²) < 4.78 is 11.8. The van der Waals surface area contributed by atoms with Gasteiger partial charge in [-0.25, -0.2) is 9.59 Å². The molecule has 0 aliphatic heterocycles. The van der Waals surface area contributed by atoms with Crippen LogP contribution in [0.5, 0.6) is 0 Å². The summed E-state index contributed by atoms with van der Waals surface area (Å²) >= 11 is 3.45. The zero-order valence-electron chi connectivity index (χ0n) is 19.0. The van der Waals surface area contributed by atoms with Gasteiger partial charge in [0.05, 0.1) is 0 Å². The molecule has 6 heteroatoms. The van der Waals surface area contributed by atoms with Crippen LogP contribution in [0.4, 0.5) is 4.79 Å². The van der Waals surface area contributed by atoms with Crippen molar-refractivity contribution in [3.63, 3.8) is 0 Å². The monoisotopic (exact) mass is 509 g/mol. The summed E-state index contributed by atoms with van der Waals surface area (Å²) in [5.41, 5.74) is 3.26. The Morgan fingerprint density at radius 1 is 0.848 bits per heavy atom. The van der Waals surface area contributed by atoms with Gasteiger partial charge in [0.15, 0.2) is 0 Å². The van der Waals surface area contributed by atoms with Crippen LogP contribution in [-0.2, 0) is 27.3 Å². The average Bonchev–Trinajstić information content (AvgIpc) is 2.77. The second kappa shape index (κ2) is 11.1. The number of alkyl carbamates (subject to hydrolysis) is 1. The Morgan fingerprint density at radius 2 is 1.42 bits per heavy atom. The smallest absolute Gasteiger partial charge is 0.408 e. The van der Waals surface area contributed by atoms with E-state index in [0.29, 0.717) is 0 Å². The van der Waals surface area contributed by atoms with Crippen LogP contribution in [0.25, 0.3) is 11.1 Å². The topological polar surface area (TPSA) is 64.6 Å². The van der Waals surface area contributed by atoms with E-state index in [1.54, 1.807) is 20.8 Å². The SMILES string of the molecule is CC(C)(C)OC(=O)N[C@@H](Cc1ccc(-c2ccc(Br)cc2)cc1)C(=O)OCc1ccccc1. The molecule has 0 unspecified atom stereocenters. The molecule has 33 heavy (non-hydrogen) atoms. The molecule has 1 atom stereocenters. The van der Waals surface area contributed by atoms with E-state index in [1.165, 1.54) is 0 Å². The minimum atomic E-state index is -0.873. The number of carbonyl (C=O) groups excluding carboxylic acids is 2. The standard InChI is InChI=1S/C27H28BrNO4/c1-27(2,3)33-26(31)29-24(25(30)32-18-20-7-5-4-6-8-20)17-19-9-11-21(12-10-19)22-13-15-23(28)16-14-22/h4-16,24H,17-18H2,1-3H3,(H,29,31)/t24-/m0/s1. The molecule has 3 rings (SSSR count). The Labute approximate surface area is 203 Å². The van der Waals surface area contributed by atoms with Gasteiger partial charge in [0, 0.05) is 10.9 Å². The van der Waals surface area contributed by atoms with Crippen molar-refractivity contribution in [2.24, 2.45) is 0 Å². The van der Waals surface area contributed by atoms with E-state index in [2.05, 4.69) is 21.2 Å². The van der Waals surface area contributed by atoms with Crippen LogP contribution in [0.3, 0.4) is 0 Å². The van der Waals surface area contributed by atoms with Crippen molar-refractivity contribution in [3.8, 4) is 11.1 Å². The summed E-state index contributed by atoms with van der Waals surface area (Å²) in [6.45, 7) is 5.46. The van der Waals surface area contributed by atoms with Crippen molar-refractivity contribution in [2.75, 3.05) is 0 Å². The summed E-state index contributed by atoms with van der Waals surface area (Å²) in [5, 5.41) is 2.67. The third-order valence-corrected chi connectivity index (χ3v) is 5.30. The number of ether oxygens (including phenoxy) is 2. The number of hydrogen-bond donors (Lipinski definition) is 1. The van der Waals surface area contributed by atoms with E-state index in [0.717, 1.165) is 26.7 Å². The van der Waals surface area contributed by atoms with Crippen LogP contribution in [0.2, 0.25) is 0 Å². The maximum absolute atomic E-state index is 12.8. The fourth-order valence-corrected chi connectivity index (χ4v) is 3.45. The first-order valence-electron chi connectivity index (χ1n) is 10.7. The normalized spacial score (nSPS) is 12.0. The molecule has 1 amide bonds. The molecule has 0 radical (unpaired) electrons. The molecule has 0 aliphatic carbocycles. The largest absolute Gasteiger partial charge is 0.459 e. The summed E-state index contributed by atoms with van der Waals surface area (Å²) in [6, 6.07) is 24.5. The number of nitrogens with one attached hydrogen (secondary N) is 1. The molecule has 0 aromatic heterocycles. The second-order valence-electron chi connectivity index (χ2n) is 8.70. The number of halogens is 1. The molecule has 0 fully saturated rings. The van der Waals surface area contributed by atoms with Gasteiger partial charge < -0.3 is 14.8 Å². The van der Waals surface area contributed by atoms with E-state index in [1.807, 2.05) is 78.9 Å². The first-order chi connectivity index (χ1) is 15.7. The van der Waals surface area contributed by atoms with E-state index < -0.39 is 23.7 Å². The van der Waals surface area contributed by atoms with Gasteiger partial charge in [-0.3, -0.25) is 0 Å². The second-order valence-corrected chi connectivity index (χ2v) is 9.62. The van der Waals surface area contributed by atoms with E-state index in [4.69, 9.17) is 9.47 Å². The third kappa shape index (κ3) is 8.06. The van der Waals surface area contributed by atoms with Gasteiger partial charge in [-0.1, -0.05) is 82.7 Å². The van der Waals surface area contributed by atoms with Gasteiger partial charge in [0.25, 0.3) is 0 Å². The Bertz CT molecular complexity index is 1060. The lowest BCUT2D eigenvalue weighted by Crippen LogP contribution is -2.45. The molecule has 0 saturated carbocycles. The molecule has 0 aliphatic rings. The highest BCUT2D eigenvalue weighted by atomic mass is 79.9. The highest BCUT2D eigenvalue weighted by molar-refractivity contribution is 9.10. The number of benzene rings is 3. The molecule has 172 valence electrons. The van der Waals surface area contributed by atoms with Crippen LogP contribution < -0.4 is 5.32 Å². The van der Waals surface area contributed by atoms with Gasteiger partial charge in [-0.2, -0.15) is 0 Å². The first-order valence-corrected chi connectivity index (χ1v) is 11.5. The molecule has 1 N–H and O–H groups in total. The van der Waals surface area contributed by atoms with Crippen molar-refractivity contribution in [1.82, 2.24) is 5.32 Å². The molecule has 3 aromatic rings. The minimum absolute atomic E-state index is 0.134. The Kier molecular flexibility index (Phi) is 8.28. The highest BCUT2D eigenvalue weighted by Crippen LogP contribution is 2.22. The summed E-state index contributed by atoms with van der Waals surface area (Å²) in [7, 11) is 0. The molecule has 3 aromatic carbocycles. The van der Waals surface area contributed by atoms with E-state index in [9.17, 15) is 9.59 Å². The fourth-order valence-electron chi connectivity index (χ4n) is 3.18. The van der Waals surface area contributed by atoms with Crippen LogP contribution in [0.1, 0.15) is 31.9 Å². The zero-order chi connectivity index (χ0) is 23.8. The van der Waals surface area contributed by atoms with Gasteiger partial charge in [-0.05, 0) is 55.2 Å². The predicted octanol–water partition coefficient (Wildman–Crippen LogP) is 6.30. The Morgan fingerprint density at radius 3 is 2.00 bits per heavy atom. The number of esters is 1. The van der Waals surface area contributed by atoms with Crippen molar-refractivity contribution < 1.29 is 19.1 Å². The number of amides is 1. The zero-order valence-corrected chi connectivity index (χ0v) is 20.6. The molecule has 0 spiro atoms. The third-order valence-electron chi connectivity index (χ3n) is 4.77. The van der Waals surface area contributed by atoms with Gasteiger partial charge in [-0.15, -0.1) is 0 Å². The molecule has 0 bridgehead atoms. The van der Waals surface area contributed by atoms with Crippen molar-refractivity contribution in [1.29, 1.82) is 0 Å². The van der Waals surface area contributed by atoms with Crippen molar-refractivity contribution >= 4 is 28.0 Å². The molecule has 5 nitrogen and oxygen atoms in total. The lowest BCUT2D eigenvalue weighted by Gasteiger charge is -2.23. The van der Waals surface area contributed by atoms with Gasteiger partial charge in [0.1, 0.15) is 18.2 Å². The summed E-state index contributed by atoms with van der Waals surface area (Å²) in [4.78, 5) is 25.2. The molecule has 0 heterocycles. The Balaban J connectivity index is 1.71. The molecule has 0 saturated heterocycles.